The second kappa shape index (κ2) is 7.78. The minimum absolute atomic E-state index is 0.101. The van der Waals surface area contributed by atoms with Crippen LogP contribution in [-0.4, -0.2) is 61.6 Å². The molecule has 2 amide bonds. The first kappa shape index (κ1) is 19.9. The summed E-state index contributed by atoms with van der Waals surface area (Å²) in [4.78, 5) is 30.5. The Bertz CT molecular complexity index is 800. The summed E-state index contributed by atoms with van der Waals surface area (Å²) in [5, 5.41) is 6.92. The van der Waals surface area contributed by atoms with Gasteiger partial charge in [-0.25, -0.2) is 0 Å². The molecule has 156 valence electrons. The first-order valence-corrected chi connectivity index (χ1v) is 10.5. The molecule has 7 heteroatoms. The van der Waals surface area contributed by atoms with E-state index in [1.807, 2.05) is 0 Å². The van der Waals surface area contributed by atoms with Crippen LogP contribution in [0.25, 0.3) is 0 Å². The van der Waals surface area contributed by atoms with Crippen LogP contribution < -0.4 is 10.6 Å². The number of carbonyl (C=O) groups is 2. The summed E-state index contributed by atoms with van der Waals surface area (Å²) in [6, 6.07) is 7.38. The van der Waals surface area contributed by atoms with Crippen molar-refractivity contribution in [1.29, 1.82) is 0 Å². The average Bonchev–Trinajstić information content (AvgIpc) is 3.27. The maximum absolute atomic E-state index is 12.4. The Balaban J connectivity index is 1.21. The van der Waals surface area contributed by atoms with Crippen LogP contribution in [0.1, 0.15) is 53.8 Å². The molecule has 2 heterocycles. The Morgan fingerprint density at radius 3 is 2.55 bits per heavy atom. The van der Waals surface area contributed by atoms with Gasteiger partial charge in [-0.05, 0) is 31.4 Å². The lowest BCUT2D eigenvalue weighted by Gasteiger charge is -2.54. The van der Waals surface area contributed by atoms with E-state index >= 15 is 0 Å². The van der Waals surface area contributed by atoms with E-state index in [-0.39, 0.29) is 17.2 Å². The van der Waals surface area contributed by atoms with Crippen LogP contribution >= 0.6 is 0 Å². The van der Waals surface area contributed by atoms with Gasteiger partial charge in [0.05, 0.1) is 17.2 Å². The summed E-state index contributed by atoms with van der Waals surface area (Å²) in [7, 11) is 1.78. The van der Waals surface area contributed by atoms with Crippen molar-refractivity contribution in [2.45, 2.75) is 45.3 Å². The number of unbranched alkanes of at least 4 members (excludes halogenated alkanes) is 1. The minimum Gasteiger partial charge on any atom is -0.377 e. The molecule has 1 aromatic rings. The summed E-state index contributed by atoms with van der Waals surface area (Å²) in [6.45, 7) is 6.51. The fraction of sp³-hybridized carbons (Fsp3) is 0.591. The Hall–Kier alpha value is -2.41. The number of carbonyl (C=O) groups excluding carboxylic acids is 2. The number of nitrogens with zero attached hydrogens (tertiary/aromatic N) is 2. The van der Waals surface area contributed by atoms with Crippen molar-refractivity contribution in [3.63, 3.8) is 0 Å². The van der Waals surface area contributed by atoms with E-state index in [4.69, 9.17) is 4.74 Å². The van der Waals surface area contributed by atoms with Gasteiger partial charge in [0.1, 0.15) is 0 Å². The lowest BCUT2D eigenvalue weighted by Crippen LogP contribution is -2.67. The van der Waals surface area contributed by atoms with Crippen LogP contribution in [-0.2, 0) is 4.74 Å². The maximum atomic E-state index is 12.4. The van der Waals surface area contributed by atoms with Crippen LogP contribution in [0.15, 0.2) is 29.3 Å². The number of hydrogen-bond acceptors (Lipinski definition) is 4. The SMILES string of the molecule is CN=C(NCCCCN1C(=O)c2ccccc2C1=O)NC1C2CCOC2C1(C)C. The number of ether oxygens (including phenoxy) is 1. The van der Waals surface area contributed by atoms with Crippen molar-refractivity contribution in [3.05, 3.63) is 35.4 Å². The molecule has 2 N–H and O–H groups in total. The van der Waals surface area contributed by atoms with Gasteiger partial charge in [0, 0.05) is 44.1 Å². The highest BCUT2D eigenvalue weighted by atomic mass is 16.5. The van der Waals surface area contributed by atoms with E-state index in [1.54, 1.807) is 31.3 Å². The van der Waals surface area contributed by atoms with E-state index in [0.29, 0.717) is 35.7 Å². The highest BCUT2D eigenvalue weighted by Crippen LogP contribution is 2.52. The molecule has 0 spiro atoms. The molecular weight excluding hydrogens is 368 g/mol. The molecule has 1 aliphatic carbocycles. The summed E-state index contributed by atoms with van der Waals surface area (Å²) in [6.07, 6.45) is 3.04. The van der Waals surface area contributed by atoms with Gasteiger partial charge in [-0.2, -0.15) is 0 Å². The number of imide groups is 1. The number of aliphatic imine (C=N–C) groups is 1. The van der Waals surface area contributed by atoms with Crippen molar-refractivity contribution < 1.29 is 14.3 Å². The smallest absolute Gasteiger partial charge is 0.261 e. The maximum Gasteiger partial charge on any atom is 0.261 e. The first-order chi connectivity index (χ1) is 13.9. The number of nitrogens with one attached hydrogen (secondary N) is 2. The standard InChI is InChI=1S/C22H30N4O3/c1-22(2)17(16-10-13-29-18(16)22)25-21(23-3)24-11-6-7-12-26-19(27)14-8-4-5-9-15(14)20(26)28/h4-5,8-9,16-18H,6-7,10-13H2,1-3H3,(H2,23,24,25). The van der Waals surface area contributed by atoms with Crippen molar-refractivity contribution in [2.75, 3.05) is 26.7 Å². The second-order valence-electron chi connectivity index (χ2n) is 8.70. The van der Waals surface area contributed by atoms with Crippen LogP contribution in [0.2, 0.25) is 0 Å². The van der Waals surface area contributed by atoms with E-state index < -0.39 is 0 Å². The van der Waals surface area contributed by atoms with Gasteiger partial charge in [0.25, 0.3) is 11.8 Å². The zero-order chi connectivity index (χ0) is 20.6. The third-order valence-corrected chi connectivity index (χ3v) is 6.60. The number of guanidine groups is 1. The molecule has 2 fully saturated rings. The van der Waals surface area contributed by atoms with Gasteiger partial charge in [0.15, 0.2) is 5.96 Å². The Labute approximate surface area is 171 Å². The molecule has 3 aliphatic rings. The number of amides is 2. The molecule has 0 bridgehead atoms. The zero-order valence-electron chi connectivity index (χ0n) is 17.4. The van der Waals surface area contributed by atoms with Crippen LogP contribution in [0, 0.1) is 11.3 Å². The molecule has 7 nitrogen and oxygen atoms in total. The Kier molecular flexibility index (Phi) is 5.34. The molecule has 29 heavy (non-hydrogen) atoms. The average molecular weight is 399 g/mol. The fourth-order valence-electron chi connectivity index (χ4n) is 5.00. The highest BCUT2D eigenvalue weighted by molar-refractivity contribution is 6.21. The van der Waals surface area contributed by atoms with Gasteiger partial charge in [-0.3, -0.25) is 19.5 Å². The molecule has 1 saturated heterocycles. The monoisotopic (exact) mass is 398 g/mol. The minimum atomic E-state index is -0.184. The van der Waals surface area contributed by atoms with Gasteiger partial charge >= 0.3 is 0 Å². The number of benzene rings is 1. The first-order valence-electron chi connectivity index (χ1n) is 10.5. The largest absolute Gasteiger partial charge is 0.377 e. The molecular formula is C22H30N4O3. The lowest BCUT2D eigenvalue weighted by molar-refractivity contribution is -0.106. The van der Waals surface area contributed by atoms with Crippen molar-refractivity contribution in [3.8, 4) is 0 Å². The van der Waals surface area contributed by atoms with Crippen LogP contribution in [0.3, 0.4) is 0 Å². The van der Waals surface area contributed by atoms with Crippen molar-refractivity contribution >= 4 is 17.8 Å². The molecule has 3 unspecified atom stereocenters. The molecule has 0 radical (unpaired) electrons. The molecule has 4 rings (SSSR count). The normalized spacial score (nSPS) is 27.5. The summed E-state index contributed by atoms with van der Waals surface area (Å²) in [5.41, 5.74) is 1.12. The lowest BCUT2D eigenvalue weighted by atomic mass is 9.57. The third kappa shape index (κ3) is 3.41. The highest BCUT2D eigenvalue weighted by Gasteiger charge is 2.59. The van der Waals surface area contributed by atoms with E-state index in [0.717, 1.165) is 38.4 Å². The molecule has 1 saturated carbocycles. The molecule has 0 aromatic heterocycles. The quantitative estimate of drug-likeness (QED) is 0.332. The summed E-state index contributed by atoms with van der Waals surface area (Å²) < 4.78 is 5.86. The molecule has 1 aromatic carbocycles. The number of rotatable bonds is 6. The summed E-state index contributed by atoms with van der Waals surface area (Å²) in [5.74, 6) is 0.986. The van der Waals surface area contributed by atoms with Crippen molar-refractivity contribution in [2.24, 2.45) is 16.3 Å². The van der Waals surface area contributed by atoms with Gasteiger partial charge in [-0.15, -0.1) is 0 Å². The van der Waals surface area contributed by atoms with E-state index in [1.165, 1.54) is 4.90 Å². The number of fused-ring (bicyclic) bond motifs is 2. The van der Waals surface area contributed by atoms with E-state index in [2.05, 4.69) is 29.5 Å². The molecule has 3 atom stereocenters. The third-order valence-electron chi connectivity index (χ3n) is 6.60. The second-order valence-corrected chi connectivity index (χ2v) is 8.70. The Morgan fingerprint density at radius 1 is 1.21 bits per heavy atom. The van der Waals surface area contributed by atoms with Gasteiger partial charge in [0.2, 0.25) is 0 Å². The number of hydrogen-bond donors (Lipinski definition) is 2. The summed E-state index contributed by atoms with van der Waals surface area (Å²) >= 11 is 0. The van der Waals surface area contributed by atoms with E-state index in [9.17, 15) is 9.59 Å². The Morgan fingerprint density at radius 2 is 1.90 bits per heavy atom. The predicted octanol–water partition coefficient (Wildman–Crippen LogP) is 2.04. The topological polar surface area (TPSA) is 83.0 Å². The van der Waals surface area contributed by atoms with Crippen molar-refractivity contribution in [1.82, 2.24) is 15.5 Å². The van der Waals surface area contributed by atoms with Crippen LogP contribution in [0.4, 0.5) is 0 Å². The van der Waals surface area contributed by atoms with Crippen LogP contribution in [0.5, 0.6) is 0 Å². The molecule has 2 aliphatic heterocycles. The predicted molar refractivity (Wildman–Crippen MR) is 111 cm³/mol. The van der Waals surface area contributed by atoms with Gasteiger partial charge in [-0.1, -0.05) is 26.0 Å². The fourth-order valence-corrected chi connectivity index (χ4v) is 5.00. The zero-order valence-corrected chi connectivity index (χ0v) is 17.4. The van der Waals surface area contributed by atoms with Gasteiger partial charge < -0.3 is 15.4 Å².